The molecule has 2 aliphatic heterocycles. The van der Waals surface area contributed by atoms with Crippen molar-refractivity contribution in [2.75, 3.05) is 39.3 Å². The Bertz CT molecular complexity index is 1650. The first kappa shape index (κ1) is 38.8. The summed E-state index contributed by atoms with van der Waals surface area (Å²) in [6.45, 7) is 14.7. The maximum Gasteiger partial charge on any atom is 0.241 e. The summed E-state index contributed by atoms with van der Waals surface area (Å²) in [5.41, 5.74) is 15.1. The number of nitrogens with one attached hydrogen (secondary N) is 3. The molecule has 0 spiro atoms. The number of likely N-dealkylation sites (tertiary alicyclic amines) is 1. The van der Waals surface area contributed by atoms with Gasteiger partial charge in [-0.2, -0.15) is 4.72 Å². The molecule has 2 heterocycles. The number of carbonyl (C=O) groups excluding carboxylic acids is 2. The van der Waals surface area contributed by atoms with Gasteiger partial charge in [0.25, 0.3) is 0 Å². The first-order chi connectivity index (χ1) is 23.5. The minimum atomic E-state index is -4.20. The molecular formula is C37H56N8O4S. The number of piperidine rings is 1. The van der Waals surface area contributed by atoms with Gasteiger partial charge in [0, 0.05) is 50.7 Å². The van der Waals surface area contributed by atoms with Crippen LogP contribution in [0.4, 0.5) is 0 Å². The number of benzene rings is 2. The Kier molecular flexibility index (Phi) is 12.7. The zero-order valence-electron chi connectivity index (χ0n) is 30.5. The highest BCUT2D eigenvalue weighted by Crippen LogP contribution is 2.35. The largest absolute Gasteiger partial charge is 0.384 e. The van der Waals surface area contributed by atoms with Crippen molar-refractivity contribution in [2.45, 2.75) is 95.9 Å². The molecule has 2 aromatic carbocycles. The van der Waals surface area contributed by atoms with Crippen LogP contribution in [0.15, 0.2) is 41.3 Å². The average molecular weight is 709 g/mol. The van der Waals surface area contributed by atoms with Gasteiger partial charge in [-0.15, -0.1) is 0 Å². The Hall–Kier alpha value is -3.97. The average Bonchev–Trinajstić information content (AvgIpc) is 3.33. The van der Waals surface area contributed by atoms with Crippen LogP contribution in [0.1, 0.15) is 106 Å². The van der Waals surface area contributed by atoms with E-state index in [1.54, 1.807) is 34.1 Å². The lowest BCUT2D eigenvalue weighted by molar-refractivity contribution is -0.137. The number of nitrogens with two attached hydrogens (primary N) is 2. The van der Waals surface area contributed by atoms with Gasteiger partial charge in [0.1, 0.15) is 11.9 Å². The highest BCUT2D eigenvalue weighted by molar-refractivity contribution is 7.89. The van der Waals surface area contributed by atoms with Crippen molar-refractivity contribution in [3.05, 3.63) is 64.2 Å². The van der Waals surface area contributed by atoms with Crippen molar-refractivity contribution in [1.82, 2.24) is 19.4 Å². The van der Waals surface area contributed by atoms with Gasteiger partial charge in [0.05, 0.1) is 4.90 Å². The zero-order chi connectivity index (χ0) is 36.9. The number of nitrogen functional groups attached to an aromatic ring is 1. The lowest BCUT2D eigenvalue weighted by Gasteiger charge is -2.34. The van der Waals surface area contributed by atoms with E-state index in [1.807, 2.05) is 44.7 Å². The SMILES string of the molecule is CC(C)c1cc(C(C)C)c(S(=O)(=O)N[C@@H](Cc2cccc(C(=N)N)c2)C(=O)N2CCCN(C(=O)C3CCN(C(=N)N)CC3)CC2)c(C(C)C)c1. The van der Waals surface area contributed by atoms with Crippen LogP contribution in [-0.2, 0) is 26.0 Å². The molecule has 2 fully saturated rings. The van der Waals surface area contributed by atoms with Crippen molar-refractivity contribution in [2.24, 2.45) is 17.4 Å². The van der Waals surface area contributed by atoms with Crippen LogP contribution in [0.5, 0.6) is 0 Å². The van der Waals surface area contributed by atoms with Crippen LogP contribution in [0, 0.1) is 16.7 Å². The predicted molar refractivity (Wildman–Crippen MR) is 198 cm³/mol. The van der Waals surface area contributed by atoms with Crippen LogP contribution in [0.2, 0.25) is 0 Å². The van der Waals surface area contributed by atoms with E-state index in [4.69, 9.17) is 22.3 Å². The van der Waals surface area contributed by atoms with E-state index in [-0.39, 0.29) is 65.1 Å². The van der Waals surface area contributed by atoms with E-state index in [1.165, 1.54) is 0 Å². The summed E-state index contributed by atoms with van der Waals surface area (Å²) in [7, 11) is -4.20. The fourth-order valence-corrected chi connectivity index (χ4v) is 8.82. The lowest BCUT2D eigenvalue weighted by atomic mass is 9.89. The number of hydrogen-bond acceptors (Lipinski definition) is 6. The zero-order valence-corrected chi connectivity index (χ0v) is 31.3. The molecule has 0 radical (unpaired) electrons. The van der Waals surface area contributed by atoms with Gasteiger partial charge < -0.3 is 26.2 Å². The lowest BCUT2D eigenvalue weighted by Crippen LogP contribution is -2.51. The van der Waals surface area contributed by atoms with E-state index in [0.29, 0.717) is 63.1 Å². The van der Waals surface area contributed by atoms with E-state index < -0.39 is 16.1 Å². The van der Waals surface area contributed by atoms with Crippen molar-refractivity contribution < 1.29 is 18.0 Å². The van der Waals surface area contributed by atoms with Gasteiger partial charge in [-0.1, -0.05) is 71.9 Å². The van der Waals surface area contributed by atoms with Gasteiger partial charge >= 0.3 is 0 Å². The fraction of sp³-hybridized carbons (Fsp3) is 0.568. The standard InChI is InChI=1S/C37H56N8O4S/c1-23(2)29-21-30(24(3)4)33(31(22-29)25(5)6)50(48,49)42-32(20-26-9-7-10-28(19-26)34(38)39)36(47)44-14-8-13-43(17-18-44)35(46)27-11-15-45(16-12-27)37(40)41/h7,9-10,19,21-25,27,32,42H,8,11-18,20H2,1-6H3,(H3,38,39)(H3,40,41)/t32-/m0/s1. The molecule has 4 rings (SSSR count). The van der Waals surface area contributed by atoms with E-state index in [0.717, 1.165) is 16.7 Å². The predicted octanol–water partition coefficient (Wildman–Crippen LogP) is 3.90. The Balaban J connectivity index is 1.64. The summed E-state index contributed by atoms with van der Waals surface area (Å²) in [6, 6.07) is 9.80. The molecule has 50 heavy (non-hydrogen) atoms. The molecule has 2 aromatic rings. The van der Waals surface area contributed by atoms with E-state index >= 15 is 0 Å². The quantitative estimate of drug-likeness (QED) is 0.173. The van der Waals surface area contributed by atoms with Crippen LogP contribution in [-0.4, -0.2) is 92.0 Å². The third-order valence-corrected chi connectivity index (χ3v) is 11.5. The molecule has 2 aliphatic rings. The van der Waals surface area contributed by atoms with Crippen molar-refractivity contribution >= 4 is 33.6 Å². The maximum absolute atomic E-state index is 14.6. The second-order valence-corrected chi connectivity index (χ2v) is 16.3. The second kappa shape index (κ2) is 16.4. The first-order valence-electron chi connectivity index (χ1n) is 17.8. The number of carbonyl (C=O) groups is 2. The molecule has 2 saturated heterocycles. The van der Waals surface area contributed by atoms with Gasteiger partial charge in [0.2, 0.25) is 21.8 Å². The van der Waals surface area contributed by atoms with E-state index in [9.17, 15) is 18.0 Å². The number of rotatable bonds is 11. The number of sulfonamides is 1. The molecule has 7 N–H and O–H groups in total. The number of amides is 2. The summed E-state index contributed by atoms with van der Waals surface area (Å²) in [5, 5.41) is 15.6. The van der Waals surface area contributed by atoms with Crippen molar-refractivity contribution in [3.63, 3.8) is 0 Å². The van der Waals surface area contributed by atoms with E-state index in [2.05, 4.69) is 18.6 Å². The third kappa shape index (κ3) is 9.22. The maximum atomic E-state index is 14.6. The fourth-order valence-electron chi connectivity index (χ4n) is 6.93. The van der Waals surface area contributed by atoms with Gasteiger partial charge in [-0.05, 0) is 71.8 Å². The van der Waals surface area contributed by atoms with Crippen LogP contribution in [0.3, 0.4) is 0 Å². The molecule has 1 atom stereocenters. The molecule has 2 amide bonds. The highest BCUT2D eigenvalue weighted by atomic mass is 32.2. The minimum absolute atomic E-state index is 0.0199. The highest BCUT2D eigenvalue weighted by Gasteiger charge is 2.35. The van der Waals surface area contributed by atoms with Crippen molar-refractivity contribution in [3.8, 4) is 0 Å². The number of nitrogens with zero attached hydrogens (tertiary/aromatic N) is 3. The molecule has 0 unspecified atom stereocenters. The molecule has 0 saturated carbocycles. The summed E-state index contributed by atoms with van der Waals surface area (Å²) in [6.07, 6.45) is 1.87. The van der Waals surface area contributed by atoms with Crippen molar-refractivity contribution in [1.29, 1.82) is 10.8 Å². The summed E-state index contributed by atoms with van der Waals surface area (Å²) >= 11 is 0. The second-order valence-electron chi connectivity index (χ2n) is 14.6. The minimum Gasteiger partial charge on any atom is -0.384 e. The normalized spacial score (nSPS) is 16.9. The van der Waals surface area contributed by atoms with Crippen LogP contribution >= 0.6 is 0 Å². The summed E-state index contributed by atoms with van der Waals surface area (Å²) in [5.74, 6) is -0.519. The third-order valence-electron chi connectivity index (χ3n) is 9.93. The number of hydrogen-bond donors (Lipinski definition) is 5. The molecule has 13 heteroatoms. The van der Waals surface area contributed by atoms with Crippen LogP contribution in [0.25, 0.3) is 0 Å². The molecule has 274 valence electrons. The number of amidine groups is 1. The smallest absolute Gasteiger partial charge is 0.241 e. The molecule has 0 bridgehead atoms. The Morgan fingerprint density at radius 2 is 1.40 bits per heavy atom. The first-order valence-corrected chi connectivity index (χ1v) is 19.3. The Morgan fingerprint density at radius 1 is 0.820 bits per heavy atom. The molecule has 0 aromatic heterocycles. The summed E-state index contributed by atoms with van der Waals surface area (Å²) in [4.78, 5) is 33.4. The number of guanidine groups is 1. The van der Waals surface area contributed by atoms with Gasteiger partial charge in [-0.25, -0.2) is 8.42 Å². The monoisotopic (exact) mass is 708 g/mol. The molecule has 12 nitrogen and oxygen atoms in total. The summed E-state index contributed by atoms with van der Waals surface area (Å²) < 4.78 is 32.0. The molecular weight excluding hydrogens is 653 g/mol. The topological polar surface area (TPSA) is 190 Å². The Morgan fingerprint density at radius 3 is 1.94 bits per heavy atom. The molecule has 0 aliphatic carbocycles. The Labute approximate surface area is 298 Å². The van der Waals surface area contributed by atoms with Gasteiger partial charge in [-0.3, -0.25) is 20.4 Å². The van der Waals surface area contributed by atoms with Crippen LogP contribution < -0.4 is 16.2 Å². The van der Waals surface area contributed by atoms with Gasteiger partial charge in [0.15, 0.2) is 5.96 Å².